The summed E-state index contributed by atoms with van der Waals surface area (Å²) < 4.78 is 16.8. The van der Waals surface area contributed by atoms with Crippen LogP contribution in [0.4, 0.5) is 0 Å². The Labute approximate surface area is 468 Å². The number of allylic oxidation sites excluding steroid dienone is 22. The minimum absolute atomic E-state index is 0.0931. The number of hydrogen-bond donors (Lipinski definition) is 0. The van der Waals surface area contributed by atoms with Gasteiger partial charge in [-0.05, 0) is 116 Å². The lowest BCUT2D eigenvalue weighted by molar-refractivity contribution is -0.167. The summed E-state index contributed by atoms with van der Waals surface area (Å²) in [5.41, 5.74) is 0. The second-order valence-electron chi connectivity index (χ2n) is 20.2. The Morgan fingerprint density at radius 3 is 0.816 bits per heavy atom. The average molecular weight is 1050 g/mol. The molecule has 0 aromatic rings. The lowest BCUT2D eigenvalue weighted by atomic mass is 10.0. The number of unbranched alkanes of at least 4 members (excludes halogenated alkanes) is 22. The van der Waals surface area contributed by atoms with E-state index in [0.29, 0.717) is 12.8 Å². The maximum Gasteiger partial charge on any atom is 0.306 e. The maximum atomic E-state index is 12.8. The third-order valence-corrected chi connectivity index (χ3v) is 12.9. The lowest BCUT2D eigenvalue weighted by Gasteiger charge is -2.18. The van der Waals surface area contributed by atoms with Gasteiger partial charge in [0.2, 0.25) is 0 Å². The molecule has 0 saturated carbocycles. The van der Waals surface area contributed by atoms with Crippen molar-refractivity contribution in [3.63, 3.8) is 0 Å². The fourth-order valence-electron chi connectivity index (χ4n) is 8.30. The molecule has 0 saturated heterocycles. The highest BCUT2D eigenvalue weighted by atomic mass is 16.6. The fraction of sp³-hybridized carbons (Fsp3) is 0.643. The Hall–Kier alpha value is -4.45. The van der Waals surface area contributed by atoms with Crippen molar-refractivity contribution in [1.82, 2.24) is 0 Å². The number of ether oxygens (including phenoxy) is 3. The summed E-state index contributed by atoms with van der Waals surface area (Å²) in [6.45, 7) is 6.38. The molecule has 0 heterocycles. The normalized spacial score (nSPS) is 13.0. The Bertz CT molecular complexity index is 1630. The molecule has 0 aliphatic carbocycles. The van der Waals surface area contributed by atoms with Crippen molar-refractivity contribution >= 4 is 17.9 Å². The van der Waals surface area contributed by atoms with E-state index in [9.17, 15) is 14.4 Å². The van der Waals surface area contributed by atoms with E-state index in [-0.39, 0.29) is 37.5 Å². The van der Waals surface area contributed by atoms with Gasteiger partial charge in [0, 0.05) is 19.3 Å². The predicted octanol–water partition coefficient (Wildman–Crippen LogP) is 21.4. The Kier molecular flexibility index (Phi) is 59.4. The van der Waals surface area contributed by atoms with E-state index in [0.717, 1.165) is 141 Å². The van der Waals surface area contributed by atoms with Crippen molar-refractivity contribution in [3.05, 3.63) is 134 Å². The molecule has 0 N–H and O–H groups in total. The van der Waals surface area contributed by atoms with Crippen molar-refractivity contribution < 1.29 is 28.6 Å². The predicted molar refractivity (Wildman–Crippen MR) is 329 cm³/mol. The average Bonchev–Trinajstić information content (AvgIpc) is 3.42. The smallest absolute Gasteiger partial charge is 0.306 e. The molecule has 0 rings (SSSR count). The van der Waals surface area contributed by atoms with Crippen LogP contribution in [0.3, 0.4) is 0 Å². The highest BCUT2D eigenvalue weighted by Crippen LogP contribution is 2.15. The first kappa shape index (κ1) is 71.5. The van der Waals surface area contributed by atoms with E-state index in [4.69, 9.17) is 14.2 Å². The van der Waals surface area contributed by atoms with Crippen LogP contribution in [-0.2, 0) is 28.6 Å². The van der Waals surface area contributed by atoms with Crippen LogP contribution in [0.15, 0.2) is 134 Å². The first-order chi connectivity index (χ1) is 37.5. The van der Waals surface area contributed by atoms with Gasteiger partial charge >= 0.3 is 17.9 Å². The van der Waals surface area contributed by atoms with Crippen molar-refractivity contribution in [2.75, 3.05) is 13.2 Å². The summed E-state index contributed by atoms with van der Waals surface area (Å²) in [6, 6.07) is 0. The molecule has 0 aromatic heterocycles. The molecule has 6 nitrogen and oxygen atoms in total. The Morgan fingerprint density at radius 1 is 0.276 bits per heavy atom. The summed E-state index contributed by atoms with van der Waals surface area (Å²) in [4.78, 5) is 38.1. The molecule has 0 aliphatic heterocycles. The Morgan fingerprint density at radius 2 is 0.513 bits per heavy atom. The molecular formula is C70H114O6. The minimum Gasteiger partial charge on any atom is -0.462 e. The number of hydrogen-bond acceptors (Lipinski definition) is 6. The zero-order chi connectivity index (χ0) is 55.0. The molecule has 6 heteroatoms. The first-order valence-electron chi connectivity index (χ1n) is 31.2. The van der Waals surface area contributed by atoms with Crippen molar-refractivity contribution in [2.24, 2.45) is 0 Å². The van der Waals surface area contributed by atoms with E-state index in [1.807, 2.05) is 0 Å². The third-order valence-electron chi connectivity index (χ3n) is 12.9. The fourth-order valence-corrected chi connectivity index (χ4v) is 8.30. The quantitative estimate of drug-likeness (QED) is 0.0261. The minimum atomic E-state index is -0.798. The molecule has 0 aliphatic rings. The van der Waals surface area contributed by atoms with Gasteiger partial charge in [0.1, 0.15) is 13.2 Å². The molecule has 1 atom stereocenters. The van der Waals surface area contributed by atoms with Crippen LogP contribution in [0.1, 0.15) is 271 Å². The van der Waals surface area contributed by atoms with E-state index >= 15 is 0 Å². The molecule has 0 amide bonds. The van der Waals surface area contributed by atoms with Gasteiger partial charge in [-0.15, -0.1) is 0 Å². The monoisotopic (exact) mass is 1050 g/mol. The summed E-state index contributed by atoms with van der Waals surface area (Å²) in [7, 11) is 0. The van der Waals surface area contributed by atoms with Crippen molar-refractivity contribution in [2.45, 2.75) is 277 Å². The second kappa shape index (κ2) is 63.1. The van der Waals surface area contributed by atoms with Gasteiger partial charge in [-0.1, -0.05) is 270 Å². The van der Waals surface area contributed by atoms with Crippen molar-refractivity contribution in [1.29, 1.82) is 0 Å². The first-order valence-corrected chi connectivity index (χ1v) is 31.2. The van der Waals surface area contributed by atoms with Gasteiger partial charge in [-0.3, -0.25) is 14.4 Å². The molecule has 430 valence electrons. The maximum absolute atomic E-state index is 12.8. The Balaban J connectivity index is 4.25. The molecule has 0 fully saturated rings. The van der Waals surface area contributed by atoms with Gasteiger partial charge in [0.05, 0.1) is 0 Å². The van der Waals surface area contributed by atoms with Gasteiger partial charge in [0.15, 0.2) is 6.10 Å². The summed E-state index contributed by atoms with van der Waals surface area (Å²) >= 11 is 0. The van der Waals surface area contributed by atoms with Crippen LogP contribution < -0.4 is 0 Å². The molecule has 0 spiro atoms. The molecule has 1 unspecified atom stereocenters. The SMILES string of the molecule is CC/C=C\C/C=C\C/C=C\C/C=C\C/C=C\C/C=C\C/C=C\C/C=C\CCCCCCCCCCC(=O)OCC(COC(=O)CCCCCCCCCCCCCC)OC(=O)CCCCC/C=C\C/C=C\C/C=C\CC. The zero-order valence-electron chi connectivity index (χ0n) is 49.2. The highest BCUT2D eigenvalue weighted by molar-refractivity contribution is 5.71. The highest BCUT2D eigenvalue weighted by Gasteiger charge is 2.19. The van der Waals surface area contributed by atoms with Crippen molar-refractivity contribution in [3.8, 4) is 0 Å². The van der Waals surface area contributed by atoms with E-state index in [1.54, 1.807) is 0 Å². The third kappa shape index (κ3) is 60.4. The molecule has 0 bridgehead atoms. The topological polar surface area (TPSA) is 78.9 Å². The van der Waals surface area contributed by atoms with Crippen LogP contribution in [-0.4, -0.2) is 37.2 Å². The van der Waals surface area contributed by atoms with Crippen LogP contribution in [0.5, 0.6) is 0 Å². The number of rotatable bonds is 55. The number of carbonyl (C=O) groups is 3. The summed E-state index contributed by atoms with van der Waals surface area (Å²) in [5, 5.41) is 0. The van der Waals surface area contributed by atoms with Gasteiger partial charge < -0.3 is 14.2 Å². The zero-order valence-corrected chi connectivity index (χ0v) is 49.2. The van der Waals surface area contributed by atoms with Crippen LogP contribution in [0, 0.1) is 0 Å². The standard InChI is InChI=1S/C70H114O6/c1-4-7-10-13-16-19-22-25-26-27-28-29-30-31-32-33-34-35-36-37-38-39-40-41-42-43-44-46-48-51-54-57-60-63-69(72)75-66-67(65-74-68(71)62-59-56-53-50-47-24-21-18-15-12-9-6-3)76-70(73)64-61-58-55-52-49-45-23-20-17-14-11-8-5-2/h7-8,10-11,16-17,19-20,25-26,28-29,31-32,34-35,37-38,40-41,45,49,67H,4-6,9,12-15,18,21-24,27,30,33,36,39,42-44,46-48,50-66H2,1-3H3/b10-7-,11-8-,19-16-,20-17-,26-25-,29-28-,32-31-,35-34-,38-37-,41-40-,49-45-. The lowest BCUT2D eigenvalue weighted by Crippen LogP contribution is -2.30. The molecular weight excluding hydrogens is 937 g/mol. The van der Waals surface area contributed by atoms with Gasteiger partial charge in [0.25, 0.3) is 0 Å². The second-order valence-corrected chi connectivity index (χ2v) is 20.2. The van der Waals surface area contributed by atoms with Gasteiger partial charge in [-0.2, -0.15) is 0 Å². The molecule has 0 aromatic carbocycles. The van der Waals surface area contributed by atoms with Crippen LogP contribution in [0.25, 0.3) is 0 Å². The van der Waals surface area contributed by atoms with E-state index in [1.165, 1.54) is 89.9 Å². The van der Waals surface area contributed by atoms with E-state index < -0.39 is 6.10 Å². The largest absolute Gasteiger partial charge is 0.462 e. The van der Waals surface area contributed by atoms with Crippen LogP contribution >= 0.6 is 0 Å². The van der Waals surface area contributed by atoms with E-state index in [2.05, 4.69) is 154 Å². The van der Waals surface area contributed by atoms with Gasteiger partial charge in [-0.25, -0.2) is 0 Å². The van der Waals surface area contributed by atoms with Crippen LogP contribution in [0.2, 0.25) is 0 Å². The number of carbonyl (C=O) groups excluding carboxylic acids is 3. The molecule has 76 heavy (non-hydrogen) atoms. The summed E-state index contributed by atoms with van der Waals surface area (Å²) in [6.07, 6.45) is 88.9. The number of esters is 3. The molecule has 0 radical (unpaired) electrons. The summed E-state index contributed by atoms with van der Waals surface area (Å²) in [5.74, 6) is -0.932.